The standard InChI is InChI=1S/C12H10Cl2N2O/c13-10-3-1-2-4-11(14)9(10)8-17-12-7-15-5-6-16-12/h1-3,5-7H,4,8H2. The van der Waals surface area contributed by atoms with E-state index in [0.717, 1.165) is 5.57 Å². The molecule has 17 heavy (non-hydrogen) atoms. The fraction of sp³-hybridized carbons (Fsp3) is 0.167. The number of hydrogen-bond donors (Lipinski definition) is 0. The van der Waals surface area contributed by atoms with Gasteiger partial charge in [-0.25, -0.2) is 4.98 Å². The van der Waals surface area contributed by atoms with Crippen LogP contribution in [0.15, 0.2) is 52.5 Å². The van der Waals surface area contributed by atoms with Gasteiger partial charge < -0.3 is 4.74 Å². The lowest BCUT2D eigenvalue weighted by molar-refractivity contribution is 0.338. The largest absolute Gasteiger partial charge is 0.472 e. The molecule has 0 spiro atoms. The van der Waals surface area contributed by atoms with Gasteiger partial charge in [0, 0.05) is 34.5 Å². The van der Waals surface area contributed by atoms with Gasteiger partial charge in [0.1, 0.15) is 6.61 Å². The normalized spacial score (nSPS) is 15.5. The maximum absolute atomic E-state index is 6.14. The molecule has 1 aromatic rings. The van der Waals surface area contributed by atoms with Gasteiger partial charge in [-0.3, -0.25) is 4.98 Å². The van der Waals surface area contributed by atoms with Gasteiger partial charge in [0.25, 0.3) is 0 Å². The van der Waals surface area contributed by atoms with Gasteiger partial charge >= 0.3 is 0 Å². The Morgan fingerprint density at radius 2 is 2.18 bits per heavy atom. The number of hydrogen-bond acceptors (Lipinski definition) is 3. The van der Waals surface area contributed by atoms with Gasteiger partial charge in [0.05, 0.1) is 6.20 Å². The summed E-state index contributed by atoms with van der Waals surface area (Å²) in [6, 6.07) is 0. The van der Waals surface area contributed by atoms with Crippen molar-refractivity contribution >= 4 is 23.2 Å². The third-order valence-corrected chi connectivity index (χ3v) is 2.93. The van der Waals surface area contributed by atoms with Crippen LogP contribution in [-0.2, 0) is 0 Å². The van der Waals surface area contributed by atoms with Crippen LogP contribution >= 0.6 is 23.2 Å². The van der Waals surface area contributed by atoms with Crippen molar-refractivity contribution in [3.8, 4) is 5.88 Å². The molecule has 0 unspecified atom stereocenters. The Kier molecular flexibility index (Phi) is 4.18. The Bertz CT molecular complexity index is 481. The van der Waals surface area contributed by atoms with Crippen molar-refractivity contribution < 1.29 is 4.74 Å². The van der Waals surface area contributed by atoms with E-state index in [-0.39, 0.29) is 6.61 Å². The van der Waals surface area contributed by atoms with Crippen molar-refractivity contribution in [1.82, 2.24) is 9.97 Å². The molecule has 0 saturated heterocycles. The number of aromatic nitrogens is 2. The molecule has 3 nitrogen and oxygen atoms in total. The minimum atomic E-state index is 0.286. The average Bonchev–Trinajstić information content (AvgIpc) is 2.50. The minimum Gasteiger partial charge on any atom is -0.472 e. The molecule has 88 valence electrons. The molecule has 1 heterocycles. The molecule has 1 aliphatic rings. The van der Waals surface area contributed by atoms with E-state index in [1.54, 1.807) is 24.7 Å². The van der Waals surface area contributed by atoms with Gasteiger partial charge in [-0.2, -0.15) is 0 Å². The zero-order chi connectivity index (χ0) is 12.1. The third kappa shape index (κ3) is 3.32. The highest BCUT2D eigenvalue weighted by Gasteiger charge is 2.11. The first kappa shape index (κ1) is 12.1. The molecule has 1 aliphatic carbocycles. The van der Waals surface area contributed by atoms with Crippen LogP contribution < -0.4 is 4.74 Å². The monoisotopic (exact) mass is 268 g/mol. The molecule has 2 rings (SSSR count). The highest BCUT2D eigenvalue weighted by atomic mass is 35.5. The van der Waals surface area contributed by atoms with E-state index in [1.807, 2.05) is 12.2 Å². The maximum Gasteiger partial charge on any atom is 0.232 e. The number of halogens is 2. The van der Waals surface area contributed by atoms with E-state index in [2.05, 4.69) is 9.97 Å². The van der Waals surface area contributed by atoms with Crippen LogP contribution in [0, 0.1) is 0 Å². The molecule has 0 radical (unpaired) electrons. The Labute approximate surface area is 109 Å². The molecule has 0 fully saturated rings. The maximum atomic E-state index is 6.14. The molecule has 0 bridgehead atoms. The summed E-state index contributed by atoms with van der Waals surface area (Å²) in [4.78, 5) is 7.92. The second-order valence-corrected chi connectivity index (χ2v) is 4.23. The highest BCUT2D eigenvalue weighted by molar-refractivity contribution is 6.35. The Morgan fingerprint density at radius 3 is 2.94 bits per heavy atom. The van der Waals surface area contributed by atoms with Crippen molar-refractivity contribution in [2.75, 3.05) is 6.61 Å². The molecule has 0 aromatic carbocycles. The number of allylic oxidation sites excluding steroid dienone is 4. The topological polar surface area (TPSA) is 35.0 Å². The van der Waals surface area contributed by atoms with Gasteiger partial charge in [0.15, 0.2) is 0 Å². The lowest BCUT2D eigenvalue weighted by atomic mass is 10.2. The van der Waals surface area contributed by atoms with E-state index < -0.39 is 0 Å². The SMILES string of the molecule is ClC1=CC=CCC(Cl)=C1COc1cnccn1. The number of ether oxygens (including phenoxy) is 1. The summed E-state index contributed by atoms with van der Waals surface area (Å²) in [5.41, 5.74) is 0.781. The first-order valence-electron chi connectivity index (χ1n) is 5.06. The van der Waals surface area contributed by atoms with Crippen LogP contribution in [0.25, 0.3) is 0 Å². The Morgan fingerprint density at radius 1 is 1.29 bits per heavy atom. The summed E-state index contributed by atoms with van der Waals surface area (Å²) in [5, 5.41) is 1.27. The van der Waals surface area contributed by atoms with E-state index >= 15 is 0 Å². The quantitative estimate of drug-likeness (QED) is 0.843. The highest BCUT2D eigenvalue weighted by Crippen LogP contribution is 2.27. The van der Waals surface area contributed by atoms with E-state index in [0.29, 0.717) is 22.4 Å². The van der Waals surface area contributed by atoms with Crippen molar-refractivity contribution in [3.05, 3.63) is 52.5 Å². The van der Waals surface area contributed by atoms with Crippen molar-refractivity contribution in [2.45, 2.75) is 6.42 Å². The minimum absolute atomic E-state index is 0.286. The summed E-state index contributed by atoms with van der Waals surface area (Å²) >= 11 is 12.2. The summed E-state index contributed by atoms with van der Waals surface area (Å²) in [6.07, 6.45) is 11.0. The lowest BCUT2D eigenvalue weighted by Crippen LogP contribution is -2.04. The van der Waals surface area contributed by atoms with Gasteiger partial charge in [-0.15, -0.1) is 0 Å². The molecule has 0 amide bonds. The average molecular weight is 269 g/mol. The van der Waals surface area contributed by atoms with E-state index in [9.17, 15) is 0 Å². The van der Waals surface area contributed by atoms with E-state index in [1.165, 1.54) is 0 Å². The van der Waals surface area contributed by atoms with Gasteiger partial charge in [0.2, 0.25) is 5.88 Å². The summed E-state index contributed by atoms with van der Waals surface area (Å²) in [5.74, 6) is 0.450. The van der Waals surface area contributed by atoms with Gasteiger partial charge in [-0.05, 0) is 6.08 Å². The third-order valence-electron chi connectivity index (χ3n) is 2.20. The predicted molar refractivity (Wildman–Crippen MR) is 68.1 cm³/mol. The zero-order valence-corrected chi connectivity index (χ0v) is 10.4. The van der Waals surface area contributed by atoms with Crippen LogP contribution in [-0.4, -0.2) is 16.6 Å². The molecule has 0 aliphatic heterocycles. The molecular formula is C12H10Cl2N2O. The second kappa shape index (κ2) is 5.84. The second-order valence-electron chi connectivity index (χ2n) is 3.36. The Hall–Kier alpha value is -1.32. The van der Waals surface area contributed by atoms with Gasteiger partial charge in [-0.1, -0.05) is 35.4 Å². The first-order chi connectivity index (χ1) is 8.27. The van der Waals surface area contributed by atoms with E-state index in [4.69, 9.17) is 27.9 Å². The molecular weight excluding hydrogens is 259 g/mol. The van der Waals surface area contributed by atoms with Crippen LogP contribution in [0.1, 0.15) is 6.42 Å². The molecule has 5 heteroatoms. The van der Waals surface area contributed by atoms with Crippen LogP contribution in [0.5, 0.6) is 5.88 Å². The smallest absolute Gasteiger partial charge is 0.232 e. The number of rotatable bonds is 3. The fourth-order valence-corrected chi connectivity index (χ4v) is 1.87. The predicted octanol–water partition coefficient (Wildman–Crippen LogP) is 3.43. The molecule has 0 N–H and O–H groups in total. The molecule has 1 aromatic heterocycles. The van der Waals surface area contributed by atoms with Crippen LogP contribution in [0.3, 0.4) is 0 Å². The molecule has 0 saturated carbocycles. The lowest BCUT2D eigenvalue weighted by Gasteiger charge is -2.09. The summed E-state index contributed by atoms with van der Waals surface area (Å²) in [7, 11) is 0. The Balaban J connectivity index is 2.08. The summed E-state index contributed by atoms with van der Waals surface area (Å²) in [6.45, 7) is 0.286. The van der Waals surface area contributed by atoms with Crippen molar-refractivity contribution in [2.24, 2.45) is 0 Å². The molecule has 0 atom stereocenters. The first-order valence-corrected chi connectivity index (χ1v) is 5.82. The van der Waals surface area contributed by atoms with Crippen LogP contribution in [0.2, 0.25) is 0 Å². The van der Waals surface area contributed by atoms with Crippen LogP contribution in [0.4, 0.5) is 0 Å². The van der Waals surface area contributed by atoms with Crippen molar-refractivity contribution in [3.63, 3.8) is 0 Å². The summed E-state index contributed by atoms with van der Waals surface area (Å²) < 4.78 is 5.47. The van der Waals surface area contributed by atoms with Crippen molar-refractivity contribution in [1.29, 1.82) is 0 Å². The fourth-order valence-electron chi connectivity index (χ4n) is 1.33. The zero-order valence-electron chi connectivity index (χ0n) is 8.94. The number of nitrogens with zero attached hydrogens (tertiary/aromatic N) is 2.